The normalized spacial score (nSPS) is 18.9. The molecule has 0 saturated carbocycles. The molecule has 0 bridgehead atoms. The lowest BCUT2D eigenvalue weighted by atomic mass is 10.2. The van der Waals surface area contributed by atoms with E-state index in [4.69, 9.17) is 0 Å². The number of thioether (sulfide) groups is 1. The molecule has 1 aliphatic rings. The van der Waals surface area contributed by atoms with E-state index in [1.54, 1.807) is 11.4 Å². The summed E-state index contributed by atoms with van der Waals surface area (Å²) < 4.78 is 4.62. The van der Waals surface area contributed by atoms with Crippen LogP contribution in [0, 0.1) is 0 Å². The van der Waals surface area contributed by atoms with Crippen molar-refractivity contribution < 1.29 is 14.3 Å². The molecule has 2 rings (SSSR count). The van der Waals surface area contributed by atoms with Crippen molar-refractivity contribution in [1.29, 1.82) is 0 Å². The molecular weight excluding hydrogens is 284 g/mol. The molecule has 1 aromatic heterocycles. The molecule has 0 aliphatic carbocycles. The first-order chi connectivity index (χ1) is 9.19. The van der Waals surface area contributed by atoms with Crippen LogP contribution in [-0.2, 0) is 9.53 Å². The Bertz CT molecular complexity index is 456. The Hall–Kier alpha value is -1.05. The zero-order valence-electron chi connectivity index (χ0n) is 10.6. The summed E-state index contributed by atoms with van der Waals surface area (Å²) in [6.07, 6.45) is 0.457. The van der Waals surface area contributed by atoms with Crippen molar-refractivity contribution in [3.63, 3.8) is 0 Å². The third-order valence-corrected chi connectivity index (χ3v) is 4.69. The third-order valence-electron chi connectivity index (χ3n) is 2.71. The van der Waals surface area contributed by atoms with Crippen LogP contribution in [0.5, 0.6) is 0 Å². The van der Waals surface area contributed by atoms with E-state index in [0.717, 1.165) is 18.1 Å². The largest absolute Gasteiger partial charge is 0.465 e. The summed E-state index contributed by atoms with van der Waals surface area (Å²) >= 11 is 3.19. The van der Waals surface area contributed by atoms with Gasteiger partial charge in [-0.25, -0.2) is 4.79 Å². The minimum atomic E-state index is -0.387. The molecule has 5 nitrogen and oxygen atoms in total. The highest BCUT2D eigenvalue weighted by atomic mass is 32.2. The van der Waals surface area contributed by atoms with Gasteiger partial charge < -0.3 is 15.4 Å². The highest BCUT2D eigenvalue weighted by molar-refractivity contribution is 7.99. The van der Waals surface area contributed by atoms with E-state index in [0.29, 0.717) is 17.0 Å². The van der Waals surface area contributed by atoms with Gasteiger partial charge in [-0.1, -0.05) is 0 Å². The van der Waals surface area contributed by atoms with Gasteiger partial charge in [0.2, 0.25) is 5.91 Å². The summed E-state index contributed by atoms with van der Waals surface area (Å²) in [6.45, 7) is 0.952. The van der Waals surface area contributed by atoms with Gasteiger partial charge in [0.1, 0.15) is 0 Å². The van der Waals surface area contributed by atoms with Crippen LogP contribution in [0.25, 0.3) is 0 Å². The lowest BCUT2D eigenvalue weighted by molar-refractivity contribution is -0.116. The van der Waals surface area contributed by atoms with E-state index in [-0.39, 0.29) is 17.9 Å². The van der Waals surface area contributed by atoms with Gasteiger partial charge in [0.15, 0.2) is 0 Å². The second-order valence-corrected chi connectivity index (χ2v) is 6.23. The number of amides is 1. The van der Waals surface area contributed by atoms with Crippen LogP contribution in [0.3, 0.4) is 0 Å². The Morgan fingerprint density at radius 3 is 3.11 bits per heavy atom. The maximum atomic E-state index is 11.9. The van der Waals surface area contributed by atoms with Crippen LogP contribution in [0.1, 0.15) is 16.8 Å². The van der Waals surface area contributed by atoms with E-state index in [2.05, 4.69) is 15.4 Å². The van der Waals surface area contributed by atoms with Gasteiger partial charge in [-0.3, -0.25) is 4.79 Å². The van der Waals surface area contributed by atoms with Gasteiger partial charge in [0.25, 0.3) is 0 Å². The number of methoxy groups -OCH3 is 1. The van der Waals surface area contributed by atoms with Gasteiger partial charge in [-0.2, -0.15) is 11.8 Å². The van der Waals surface area contributed by atoms with Crippen molar-refractivity contribution in [2.75, 3.05) is 30.5 Å². The van der Waals surface area contributed by atoms with Crippen LogP contribution in [0.15, 0.2) is 11.4 Å². The molecule has 1 atom stereocenters. The van der Waals surface area contributed by atoms with Crippen LogP contribution in [0.4, 0.5) is 5.00 Å². The molecule has 7 heteroatoms. The van der Waals surface area contributed by atoms with E-state index >= 15 is 0 Å². The molecule has 2 N–H and O–H groups in total. The number of thiophene rings is 1. The number of esters is 1. The average molecular weight is 300 g/mol. The lowest BCUT2D eigenvalue weighted by Gasteiger charge is -2.22. The molecule has 1 aromatic rings. The summed E-state index contributed by atoms with van der Waals surface area (Å²) in [5.74, 6) is 1.65. The minimum absolute atomic E-state index is 0.0294. The molecule has 0 aromatic carbocycles. The van der Waals surface area contributed by atoms with E-state index in [1.807, 2.05) is 11.8 Å². The SMILES string of the molecule is COC(=O)c1csc(NC(=O)CC2CSCCN2)c1. The highest BCUT2D eigenvalue weighted by Gasteiger charge is 2.17. The molecule has 2 heterocycles. The monoisotopic (exact) mass is 300 g/mol. The molecular formula is C12H16N2O3S2. The first kappa shape index (κ1) is 14.4. The minimum Gasteiger partial charge on any atom is -0.465 e. The molecule has 1 amide bonds. The molecule has 1 aliphatic heterocycles. The number of hydrogen-bond acceptors (Lipinski definition) is 6. The fraction of sp³-hybridized carbons (Fsp3) is 0.500. The Kier molecular flexibility index (Phi) is 5.24. The van der Waals surface area contributed by atoms with Crippen molar-refractivity contribution in [3.05, 3.63) is 17.0 Å². The average Bonchev–Trinajstić information content (AvgIpc) is 2.87. The first-order valence-electron chi connectivity index (χ1n) is 5.97. The summed E-state index contributed by atoms with van der Waals surface area (Å²) in [6, 6.07) is 1.87. The smallest absolute Gasteiger partial charge is 0.338 e. The van der Waals surface area contributed by atoms with Gasteiger partial charge in [0, 0.05) is 35.9 Å². The summed E-state index contributed by atoms with van der Waals surface area (Å²) in [5, 5.41) is 8.48. The molecule has 1 fully saturated rings. The second-order valence-electron chi connectivity index (χ2n) is 4.17. The molecule has 19 heavy (non-hydrogen) atoms. The van der Waals surface area contributed by atoms with Gasteiger partial charge in [0.05, 0.1) is 17.7 Å². The first-order valence-corrected chi connectivity index (χ1v) is 8.00. The molecule has 1 saturated heterocycles. The number of carbonyl (C=O) groups is 2. The Balaban J connectivity index is 1.84. The molecule has 0 radical (unpaired) electrons. The summed E-state index contributed by atoms with van der Waals surface area (Å²) in [5.41, 5.74) is 0.467. The second kappa shape index (κ2) is 6.93. The summed E-state index contributed by atoms with van der Waals surface area (Å²) in [7, 11) is 1.34. The number of hydrogen-bond donors (Lipinski definition) is 2. The number of rotatable bonds is 4. The predicted molar refractivity (Wildman–Crippen MR) is 78.0 cm³/mol. The van der Waals surface area contributed by atoms with E-state index in [1.165, 1.54) is 18.4 Å². The molecule has 0 spiro atoms. The van der Waals surface area contributed by atoms with Crippen molar-refractivity contribution >= 4 is 40.0 Å². The van der Waals surface area contributed by atoms with Crippen molar-refractivity contribution in [1.82, 2.24) is 5.32 Å². The van der Waals surface area contributed by atoms with Crippen molar-refractivity contribution in [2.45, 2.75) is 12.5 Å². The number of carbonyl (C=O) groups excluding carboxylic acids is 2. The third kappa shape index (κ3) is 4.22. The quantitative estimate of drug-likeness (QED) is 0.826. The zero-order valence-corrected chi connectivity index (χ0v) is 12.2. The van der Waals surface area contributed by atoms with E-state index < -0.39 is 0 Å². The highest BCUT2D eigenvalue weighted by Crippen LogP contribution is 2.21. The Morgan fingerprint density at radius 1 is 1.58 bits per heavy atom. The Morgan fingerprint density at radius 2 is 2.42 bits per heavy atom. The van der Waals surface area contributed by atoms with Gasteiger partial charge in [-0.05, 0) is 6.07 Å². The fourth-order valence-corrected chi connectivity index (χ4v) is 3.52. The summed E-state index contributed by atoms with van der Waals surface area (Å²) in [4.78, 5) is 23.1. The number of anilines is 1. The standard InChI is InChI=1S/C12H16N2O3S2/c1-17-12(16)8-4-11(19-6-8)14-10(15)5-9-7-18-3-2-13-9/h4,6,9,13H,2-3,5,7H2,1H3,(H,14,15). The zero-order chi connectivity index (χ0) is 13.7. The molecule has 1 unspecified atom stereocenters. The van der Waals surface area contributed by atoms with Gasteiger partial charge in [-0.15, -0.1) is 11.3 Å². The number of ether oxygens (including phenoxy) is 1. The lowest BCUT2D eigenvalue weighted by Crippen LogP contribution is -2.39. The van der Waals surface area contributed by atoms with Crippen LogP contribution >= 0.6 is 23.1 Å². The van der Waals surface area contributed by atoms with Crippen LogP contribution in [-0.4, -0.2) is 43.1 Å². The molecule has 104 valence electrons. The predicted octanol–water partition coefficient (Wildman–Crippen LogP) is 1.57. The van der Waals surface area contributed by atoms with E-state index in [9.17, 15) is 9.59 Å². The van der Waals surface area contributed by atoms with Gasteiger partial charge >= 0.3 is 5.97 Å². The maximum absolute atomic E-state index is 11.9. The van der Waals surface area contributed by atoms with Crippen LogP contribution < -0.4 is 10.6 Å². The Labute approximate surface area is 120 Å². The fourth-order valence-electron chi connectivity index (χ4n) is 1.79. The maximum Gasteiger partial charge on any atom is 0.338 e. The van der Waals surface area contributed by atoms with Crippen molar-refractivity contribution in [2.24, 2.45) is 0 Å². The topological polar surface area (TPSA) is 67.4 Å². The van der Waals surface area contributed by atoms with Crippen molar-refractivity contribution in [3.8, 4) is 0 Å². The number of nitrogens with one attached hydrogen (secondary N) is 2. The van der Waals surface area contributed by atoms with Crippen LogP contribution in [0.2, 0.25) is 0 Å².